The van der Waals surface area contributed by atoms with E-state index >= 15 is 0 Å². The lowest BCUT2D eigenvalue weighted by molar-refractivity contribution is -0.151. The van der Waals surface area contributed by atoms with Gasteiger partial charge in [0.25, 0.3) is 5.91 Å². The molecule has 3 amide bonds. The zero-order valence-corrected chi connectivity index (χ0v) is 16.1. The average Bonchev–Trinajstić information content (AvgIpc) is 2.63. The van der Waals surface area contributed by atoms with Gasteiger partial charge in [-0.15, -0.1) is 11.8 Å². The molecule has 0 aliphatic heterocycles. The highest BCUT2D eigenvalue weighted by molar-refractivity contribution is 8.00. The van der Waals surface area contributed by atoms with Crippen LogP contribution in [0.15, 0.2) is 54.6 Å². The first-order valence-electron chi connectivity index (χ1n) is 8.08. The Bertz CT molecular complexity index is 799. The van der Waals surface area contributed by atoms with Crippen LogP contribution in [0.25, 0.3) is 0 Å². The molecule has 27 heavy (non-hydrogen) atoms. The van der Waals surface area contributed by atoms with Gasteiger partial charge in [-0.3, -0.25) is 14.9 Å². The summed E-state index contributed by atoms with van der Waals surface area (Å²) in [7, 11) is 0. The number of carbonyl (C=O) groups excluding carboxylic acids is 3. The van der Waals surface area contributed by atoms with E-state index in [4.69, 9.17) is 22.1 Å². The van der Waals surface area contributed by atoms with Crippen molar-refractivity contribution in [3.63, 3.8) is 0 Å². The highest BCUT2D eigenvalue weighted by Crippen LogP contribution is 2.36. The van der Waals surface area contributed by atoms with Gasteiger partial charge < -0.3 is 10.5 Å². The summed E-state index contributed by atoms with van der Waals surface area (Å²) in [6.07, 6.45) is -1.11. The number of benzene rings is 2. The van der Waals surface area contributed by atoms with Crippen LogP contribution in [0.4, 0.5) is 4.79 Å². The largest absolute Gasteiger partial charge is 0.452 e. The Labute approximate surface area is 166 Å². The lowest BCUT2D eigenvalue weighted by Gasteiger charge is -2.18. The summed E-state index contributed by atoms with van der Waals surface area (Å²) in [5.41, 5.74) is 6.89. The molecule has 0 fully saturated rings. The number of amides is 3. The summed E-state index contributed by atoms with van der Waals surface area (Å²) in [6.45, 7) is 1.37. The fourth-order valence-corrected chi connectivity index (χ4v) is 3.51. The van der Waals surface area contributed by atoms with E-state index in [1.807, 2.05) is 47.8 Å². The van der Waals surface area contributed by atoms with Crippen molar-refractivity contribution in [2.24, 2.45) is 5.73 Å². The van der Waals surface area contributed by atoms with Crippen LogP contribution in [0.2, 0.25) is 5.02 Å². The van der Waals surface area contributed by atoms with E-state index in [2.05, 4.69) is 0 Å². The van der Waals surface area contributed by atoms with Gasteiger partial charge in [0.05, 0.1) is 11.0 Å². The molecule has 2 aromatic rings. The maximum Gasteiger partial charge on any atom is 0.318 e. The average molecular weight is 407 g/mol. The number of hydrogen-bond acceptors (Lipinski definition) is 5. The Morgan fingerprint density at radius 3 is 2.26 bits per heavy atom. The van der Waals surface area contributed by atoms with Crippen LogP contribution in [0.5, 0.6) is 0 Å². The van der Waals surface area contributed by atoms with Gasteiger partial charge >= 0.3 is 12.0 Å². The van der Waals surface area contributed by atoms with E-state index in [-0.39, 0.29) is 11.0 Å². The van der Waals surface area contributed by atoms with Gasteiger partial charge in [0.2, 0.25) is 0 Å². The highest BCUT2D eigenvalue weighted by Gasteiger charge is 2.21. The molecule has 6 nitrogen and oxygen atoms in total. The minimum absolute atomic E-state index is 0.0242. The first-order valence-corrected chi connectivity index (χ1v) is 9.51. The van der Waals surface area contributed by atoms with Crippen LogP contribution >= 0.6 is 23.4 Å². The maximum atomic E-state index is 12.1. The molecule has 0 aromatic heterocycles. The van der Waals surface area contributed by atoms with Crippen molar-refractivity contribution >= 4 is 41.3 Å². The second-order valence-corrected chi connectivity index (χ2v) is 7.17. The lowest BCUT2D eigenvalue weighted by Crippen LogP contribution is -2.42. The van der Waals surface area contributed by atoms with Gasteiger partial charge in [0.1, 0.15) is 0 Å². The molecular formula is C19H19ClN2O4S. The van der Waals surface area contributed by atoms with Crippen LogP contribution in [-0.2, 0) is 14.3 Å². The number of thioether (sulfide) groups is 1. The number of nitrogens with two attached hydrogens (primary N) is 1. The molecule has 142 valence electrons. The summed E-state index contributed by atoms with van der Waals surface area (Å²) in [5, 5.41) is 2.40. The molecule has 0 radical (unpaired) electrons. The van der Waals surface area contributed by atoms with E-state index in [1.165, 1.54) is 18.7 Å². The third-order valence-electron chi connectivity index (χ3n) is 3.57. The van der Waals surface area contributed by atoms with Gasteiger partial charge in [-0.1, -0.05) is 54.1 Å². The topological polar surface area (TPSA) is 98.5 Å². The maximum absolute atomic E-state index is 12.1. The lowest BCUT2D eigenvalue weighted by atomic mass is 10.0. The molecule has 0 saturated heterocycles. The Morgan fingerprint density at radius 1 is 1.07 bits per heavy atom. The van der Waals surface area contributed by atoms with E-state index < -0.39 is 24.0 Å². The number of carbonyl (C=O) groups is 3. The van der Waals surface area contributed by atoms with Gasteiger partial charge in [0.15, 0.2) is 6.10 Å². The van der Waals surface area contributed by atoms with E-state index in [9.17, 15) is 14.4 Å². The minimum Gasteiger partial charge on any atom is -0.452 e. The van der Waals surface area contributed by atoms with E-state index in [1.54, 1.807) is 12.1 Å². The predicted molar refractivity (Wildman–Crippen MR) is 105 cm³/mol. The van der Waals surface area contributed by atoms with E-state index in [0.29, 0.717) is 5.02 Å². The molecule has 2 rings (SSSR count). The van der Waals surface area contributed by atoms with Gasteiger partial charge in [-0.2, -0.15) is 0 Å². The monoisotopic (exact) mass is 406 g/mol. The summed E-state index contributed by atoms with van der Waals surface area (Å²) in [5.74, 6) is -1.31. The number of urea groups is 1. The van der Waals surface area contributed by atoms with Gasteiger partial charge in [0, 0.05) is 5.02 Å². The standard InChI is InChI=1S/C19H19ClN2O4S/c1-12(18(24)22-19(21)25)26-16(23)11-27-17(13-5-3-2-4-6-13)14-7-9-15(20)10-8-14/h2-10,12,17H,11H2,1H3,(H3,21,22,24,25)/t12-,17-/m1/s1. The van der Waals surface area contributed by atoms with Crippen molar-refractivity contribution in [3.8, 4) is 0 Å². The van der Waals surface area contributed by atoms with Crippen LogP contribution in [0.3, 0.4) is 0 Å². The SMILES string of the molecule is C[C@@H](OC(=O)CS[C@H](c1ccccc1)c1ccc(Cl)cc1)C(=O)NC(N)=O. The zero-order chi connectivity index (χ0) is 19.8. The van der Waals surface area contributed by atoms with E-state index in [0.717, 1.165) is 11.1 Å². The third kappa shape index (κ3) is 6.62. The van der Waals surface area contributed by atoms with Crippen molar-refractivity contribution < 1.29 is 19.1 Å². The molecule has 0 aliphatic rings. The van der Waals surface area contributed by atoms with Crippen LogP contribution in [0, 0.1) is 0 Å². The number of imide groups is 1. The number of esters is 1. The molecule has 0 saturated carbocycles. The van der Waals surface area contributed by atoms with Crippen molar-refractivity contribution in [3.05, 3.63) is 70.7 Å². The second kappa shape index (κ2) is 9.99. The Balaban J connectivity index is 2.03. The second-order valence-electron chi connectivity index (χ2n) is 5.64. The van der Waals surface area contributed by atoms with Crippen LogP contribution in [0.1, 0.15) is 23.3 Å². The molecule has 0 spiro atoms. The fourth-order valence-electron chi connectivity index (χ4n) is 2.31. The summed E-state index contributed by atoms with van der Waals surface area (Å²) >= 11 is 7.33. The van der Waals surface area contributed by atoms with Crippen molar-refractivity contribution in [1.82, 2.24) is 5.32 Å². The summed E-state index contributed by atoms with van der Waals surface area (Å²) < 4.78 is 5.05. The predicted octanol–water partition coefficient (Wildman–Crippen LogP) is 3.29. The number of primary amides is 1. The highest BCUT2D eigenvalue weighted by atomic mass is 35.5. The fraction of sp³-hybridized carbons (Fsp3) is 0.211. The quantitative estimate of drug-likeness (QED) is 0.687. The van der Waals surface area contributed by atoms with Crippen molar-refractivity contribution in [1.29, 1.82) is 0 Å². The molecule has 2 atom stereocenters. The van der Waals surface area contributed by atoms with Crippen LogP contribution in [-0.4, -0.2) is 29.8 Å². The van der Waals surface area contributed by atoms with Crippen LogP contribution < -0.4 is 11.1 Å². The molecule has 0 aliphatic carbocycles. The molecule has 3 N–H and O–H groups in total. The summed E-state index contributed by atoms with van der Waals surface area (Å²) in [6, 6.07) is 16.1. The van der Waals surface area contributed by atoms with Gasteiger partial charge in [-0.05, 0) is 30.2 Å². The smallest absolute Gasteiger partial charge is 0.318 e. The molecule has 0 heterocycles. The minimum atomic E-state index is -1.11. The molecule has 0 unspecified atom stereocenters. The third-order valence-corrected chi connectivity index (χ3v) is 5.10. The Kier molecular flexibility index (Phi) is 7.69. The molecular weight excluding hydrogens is 388 g/mol. The molecule has 2 aromatic carbocycles. The Hall–Kier alpha value is -2.51. The summed E-state index contributed by atoms with van der Waals surface area (Å²) in [4.78, 5) is 34.4. The Morgan fingerprint density at radius 2 is 1.67 bits per heavy atom. The van der Waals surface area contributed by atoms with Crippen molar-refractivity contribution in [2.45, 2.75) is 18.3 Å². The number of halogens is 1. The first-order chi connectivity index (χ1) is 12.9. The number of hydrogen-bond donors (Lipinski definition) is 2. The number of rotatable bonds is 7. The van der Waals surface area contributed by atoms with Gasteiger partial charge in [-0.25, -0.2) is 4.79 Å². The number of nitrogens with one attached hydrogen (secondary N) is 1. The number of ether oxygens (including phenoxy) is 1. The van der Waals surface area contributed by atoms with Crippen molar-refractivity contribution in [2.75, 3.05) is 5.75 Å². The molecule has 0 bridgehead atoms. The normalized spacial score (nSPS) is 12.7. The zero-order valence-electron chi connectivity index (χ0n) is 14.6. The molecule has 8 heteroatoms. The first kappa shape index (κ1) is 20.8.